The summed E-state index contributed by atoms with van der Waals surface area (Å²) < 4.78 is 0. The third kappa shape index (κ3) is 60.4. The Labute approximate surface area is 66.9 Å². The van der Waals surface area contributed by atoms with Crippen molar-refractivity contribution in [3.8, 4) is 0 Å². The summed E-state index contributed by atoms with van der Waals surface area (Å²) in [5.74, 6) is 0. The fraction of sp³-hybridized carbons (Fsp3) is 0. The van der Waals surface area contributed by atoms with Gasteiger partial charge in [-0.05, 0) is 0 Å². The second-order valence-corrected chi connectivity index (χ2v) is 0. The number of halogens is 2. The molecule has 0 saturated carbocycles. The predicted octanol–water partition coefficient (Wildman–Crippen LogP) is -5.92. The van der Waals surface area contributed by atoms with Gasteiger partial charge in [-0.25, -0.2) is 0 Å². The molecule has 0 radical (unpaired) electrons. The normalized spacial score (nSPS) is 0. The van der Waals surface area contributed by atoms with Crippen molar-refractivity contribution in [2.24, 2.45) is 0 Å². The van der Waals surface area contributed by atoms with Gasteiger partial charge in [0.05, 0.1) is 0 Å². The SMILES string of the molecule is O.[CH3-].[CH3-].[Cl-].[Cl-].[Ti+4]. The molecule has 0 aliphatic heterocycles. The molecule has 0 aromatic heterocycles. The summed E-state index contributed by atoms with van der Waals surface area (Å²) in [6.07, 6.45) is 0. The zero-order chi connectivity index (χ0) is 0. The van der Waals surface area contributed by atoms with Crippen LogP contribution in [0.2, 0.25) is 0 Å². The van der Waals surface area contributed by atoms with Gasteiger partial charge in [-0.15, -0.1) is 0 Å². The zero-order valence-electron chi connectivity index (χ0n) is 3.76. The molecule has 0 amide bonds. The molecule has 0 aromatic carbocycles. The summed E-state index contributed by atoms with van der Waals surface area (Å²) in [7, 11) is 0. The maximum atomic E-state index is 0. The van der Waals surface area contributed by atoms with Gasteiger partial charge in [0.2, 0.25) is 0 Å². The minimum Gasteiger partial charge on any atom is -1.00 e. The van der Waals surface area contributed by atoms with Crippen LogP contribution >= 0.6 is 0 Å². The Balaban J connectivity index is 0. The first-order valence-corrected chi connectivity index (χ1v) is 0. The van der Waals surface area contributed by atoms with E-state index in [4.69, 9.17) is 0 Å². The Kier molecular flexibility index (Phi) is 3300. The van der Waals surface area contributed by atoms with Crippen LogP contribution in [0.5, 0.6) is 0 Å². The smallest absolute Gasteiger partial charge is 1.00 e. The summed E-state index contributed by atoms with van der Waals surface area (Å²) >= 11 is 0. The monoisotopic (exact) mass is 166 g/mol. The van der Waals surface area contributed by atoms with E-state index < -0.39 is 0 Å². The van der Waals surface area contributed by atoms with Crippen molar-refractivity contribution in [3.05, 3.63) is 14.9 Å². The van der Waals surface area contributed by atoms with E-state index in [-0.39, 0.29) is 66.9 Å². The van der Waals surface area contributed by atoms with E-state index in [0.29, 0.717) is 0 Å². The molecule has 0 bridgehead atoms. The molecule has 0 saturated heterocycles. The molecule has 0 fully saturated rings. The molecule has 6 heavy (non-hydrogen) atoms. The van der Waals surface area contributed by atoms with Crippen LogP contribution in [-0.2, 0) is 21.7 Å². The van der Waals surface area contributed by atoms with Crippen molar-refractivity contribution >= 4 is 0 Å². The Morgan fingerprint density at radius 3 is 0.667 bits per heavy atom. The molecular weight excluding hydrogens is 159 g/mol. The van der Waals surface area contributed by atoms with Crippen LogP contribution in [0.15, 0.2) is 0 Å². The summed E-state index contributed by atoms with van der Waals surface area (Å²) in [6.45, 7) is 0. The number of rotatable bonds is 0. The number of hydrogen-bond acceptors (Lipinski definition) is 0. The molecule has 0 atom stereocenters. The Morgan fingerprint density at radius 2 is 0.667 bits per heavy atom. The fourth-order valence-electron chi connectivity index (χ4n) is 0. The standard InChI is InChI=1S/2CH3.2ClH.H2O.Ti/h2*1H3;2*1H;1H2;/q2*-1;;;;+4/p-2. The second-order valence-electron chi connectivity index (χ2n) is 0. The molecule has 0 aliphatic rings. The van der Waals surface area contributed by atoms with Gasteiger partial charge < -0.3 is 45.1 Å². The van der Waals surface area contributed by atoms with Crippen LogP contribution in [0.1, 0.15) is 0 Å². The molecule has 40 valence electrons. The Hall–Kier alpha value is 1.25. The van der Waals surface area contributed by atoms with E-state index in [9.17, 15) is 0 Å². The van der Waals surface area contributed by atoms with Crippen LogP contribution < -0.4 is 24.8 Å². The van der Waals surface area contributed by atoms with Gasteiger partial charge >= 0.3 is 21.7 Å². The maximum Gasteiger partial charge on any atom is 4.00 e. The molecule has 2 N–H and O–H groups in total. The van der Waals surface area contributed by atoms with Crippen LogP contribution in [0.25, 0.3) is 0 Å². The average molecular weight is 167 g/mol. The summed E-state index contributed by atoms with van der Waals surface area (Å²) in [4.78, 5) is 0. The Bertz CT molecular complexity index is 11.5. The van der Waals surface area contributed by atoms with Crippen LogP contribution in [0.3, 0.4) is 0 Å². The molecule has 1 nitrogen and oxygen atoms in total. The molecule has 0 rings (SSSR count). The molecule has 0 aliphatic carbocycles. The quantitative estimate of drug-likeness (QED) is 0.254. The van der Waals surface area contributed by atoms with Gasteiger partial charge in [-0.3, -0.25) is 0 Å². The third-order valence-corrected chi connectivity index (χ3v) is 0. The molecule has 0 aromatic rings. The van der Waals surface area contributed by atoms with Crippen LogP contribution in [0, 0.1) is 14.9 Å². The van der Waals surface area contributed by atoms with Gasteiger partial charge in [0, 0.05) is 0 Å². The van der Waals surface area contributed by atoms with Crippen molar-refractivity contribution in [1.82, 2.24) is 0 Å². The maximum absolute atomic E-state index is 0. The van der Waals surface area contributed by atoms with Gasteiger partial charge in [-0.1, -0.05) is 0 Å². The third-order valence-electron chi connectivity index (χ3n) is 0. The van der Waals surface area contributed by atoms with E-state index >= 15 is 0 Å². The minimum absolute atomic E-state index is 0. The van der Waals surface area contributed by atoms with E-state index in [2.05, 4.69) is 0 Å². The summed E-state index contributed by atoms with van der Waals surface area (Å²) in [5, 5.41) is 0. The molecule has 0 heterocycles. The first-order valence-electron chi connectivity index (χ1n) is 0. The predicted molar refractivity (Wildman–Crippen MR) is 16.4 cm³/mol. The largest absolute Gasteiger partial charge is 4.00 e. The minimum atomic E-state index is 0. The van der Waals surface area contributed by atoms with E-state index in [0.717, 1.165) is 0 Å². The fourth-order valence-corrected chi connectivity index (χ4v) is 0. The average Bonchev–Trinajstić information content (AvgIpc) is 0. The van der Waals surface area contributed by atoms with Crippen LogP contribution in [0.4, 0.5) is 0 Å². The van der Waals surface area contributed by atoms with Gasteiger partial charge in [0.1, 0.15) is 0 Å². The van der Waals surface area contributed by atoms with Crippen molar-refractivity contribution in [1.29, 1.82) is 0 Å². The van der Waals surface area contributed by atoms with Gasteiger partial charge in [0.25, 0.3) is 0 Å². The van der Waals surface area contributed by atoms with Crippen molar-refractivity contribution in [3.63, 3.8) is 0 Å². The Morgan fingerprint density at radius 1 is 0.667 bits per heavy atom. The summed E-state index contributed by atoms with van der Waals surface area (Å²) in [5.41, 5.74) is 0. The molecule has 0 spiro atoms. The van der Waals surface area contributed by atoms with Gasteiger partial charge in [0.15, 0.2) is 0 Å². The van der Waals surface area contributed by atoms with Gasteiger partial charge in [-0.2, -0.15) is 0 Å². The first kappa shape index (κ1) is 180. The summed E-state index contributed by atoms with van der Waals surface area (Å²) in [6, 6.07) is 0. The molecule has 4 heteroatoms. The zero-order valence-corrected chi connectivity index (χ0v) is 6.83. The van der Waals surface area contributed by atoms with E-state index in [1.54, 1.807) is 0 Å². The van der Waals surface area contributed by atoms with E-state index in [1.807, 2.05) is 0 Å². The first-order chi connectivity index (χ1) is 0. The molecular formula is C2H8Cl2OTi. The van der Waals surface area contributed by atoms with E-state index in [1.165, 1.54) is 0 Å². The van der Waals surface area contributed by atoms with Crippen LogP contribution in [-0.4, -0.2) is 5.48 Å². The van der Waals surface area contributed by atoms with Crippen molar-refractivity contribution in [2.45, 2.75) is 0 Å². The van der Waals surface area contributed by atoms with Crippen molar-refractivity contribution in [2.75, 3.05) is 0 Å². The number of hydrogen-bond donors (Lipinski definition) is 0. The van der Waals surface area contributed by atoms with Crippen molar-refractivity contribution < 1.29 is 52.0 Å². The second kappa shape index (κ2) is 110. The molecule has 0 unspecified atom stereocenters. The topological polar surface area (TPSA) is 31.5 Å².